The zero-order valence-corrected chi connectivity index (χ0v) is 17.0. The molecule has 3 aromatic rings. The normalized spacial score (nSPS) is 11.9. The van der Waals surface area contributed by atoms with Crippen LogP contribution in [0.5, 0.6) is 5.75 Å². The van der Waals surface area contributed by atoms with E-state index in [2.05, 4.69) is 15.5 Å². The molecule has 3 rings (SSSR count). The number of carbonyl (C=O) groups excluding carboxylic acids is 1. The zero-order valence-electron chi connectivity index (χ0n) is 16.1. The Balaban J connectivity index is 1.61. The number of hydrogen-bond acceptors (Lipinski definition) is 5. The van der Waals surface area contributed by atoms with Crippen LogP contribution in [0.4, 0.5) is 8.78 Å². The van der Waals surface area contributed by atoms with Crippen molar-refractivity contribution < 1.29 is 18.3 Å². The van der Waals surface area contributed by atoms with E-state index >= 15 is 0 Å². The van der Waals surface area contributed by atoms with Gasteiger partial charge in [-0.1, -0.05) is 17.8 Å². The zero-order chi connectivity index (χ0) is 21.0. The van der Waals surface area contributed by atoms with Gasteiger partial charge in [0.05, 0.1) is 18.9 Å². The van der Waals surface area contributed by atoms with E-state index in [-0.39, 0.29) is 17.2 Å². The van der Waals surface area contributed by atoms with Crippen molar-refractivity contribution in [3.8, 4) is 17.1 Å². The lowest BCUT2D eigenvalue weighted by atomic mass is 10.1. The van der Waals surface area contributed by atoms with Crippen molar-refractivity contribution in [1.29, 1.82) is 0 Å². The summed E-state index contributed by atoms with van der Waals surface area (Å²) in [6, 6.07) is 10.1. The molecule has 0 saturated carbocycles. The minimum Gasteiger partial charge on any atom is -0.497 e. The maximum Gasteiger partial charge on any atom is 0.230 e. The lowest BCUT2D eigenvalue weighted by Gasteiger charge is -2.15. The minimum absolute atomic E-state index is 0.0851. The molecular formula is C20H20F2N4O2S. The van der Waals surface area contributed by atoms with Crippen LogP contribution in [0.15, 0.2) is 47.6 Å². The van der Waals surface area contributed by atoms with E-state index in [1.807, 2.05) is 31.3 Å². The Kier molecular flexibility index (Phi) is 6.48. The summed E-state index contributed by atoms with van der Waals surface area (Å²) in [4.78, 5) is 12.2. The molecule has 1 N–H and O–H groups in total. The van der Waals surface area contributed by atoms with Crippen LogP contribution in [0.3, 0.4) is 0 Å². The molecule has 0 unspecified atom stereocenters. The van der Waals surface area contributed by atoms with Gasteiger partial charge in [-0.05, 0) is 37.3 Å². The number of methoxy groups -OCH3 is 1. The molecule has 1 atom stereocenters. The molecule has 0 saturated heterocycles. The number of thioether (sulfide) groups is 1. The molecule has 1 aromatic heterocycles. The average Bonchev–Trinajstić information content (AvgIpc) is 3.06. The first-order valence-corrected chi connectivity index (χ1v) is 9.78. The van der Waals surface area contributed by atoms with E-state index in [0.29, 0.717) is 11.0 Å². The SMILES string of the molecule is COc1ccc(-c2nnc(SCC(=O)N[C@@H](C)c3ccc(F)cc3F)n2C)cc1. The Labute approximate surface area is 171 Å². The maximum absolute atomic E-state index is 13.8. The van der Waals surface area contributed by atoms with Gasteiger partial charge in [-0.15, -0.1) is 10.2 Å². The average molecular weight is 418 g/mol. The van der Waals surface area contributed by atoms with Crippen LogP contribution in [0.25, 0.3) is 11.4 Å². The molecule has 0 spiro atoms. The third kappa shape index (κ3) is 4.92. The van der Waals surface area contributed by atoms with Crippen molar-refractivity contribution in [3.05, 3.63) is 59.7 Å². The third-order valence-corrected chi connectivity index (χ3v) is 5.34. The minimum atomic E-state index is -0.692. The Morgan fingerprint density at radius 3 is 2.59 bits per heavy atom. The lowest BCUT2D eigenvalue weighted by Crippen LogP contribution is -2.28. The fourth-order valence-corrected chi connectivity index (χ4v) is 3.50. The standard InChI is InChI=1S/C20H20F2N4O2S/c1-12(16-9-6-14(21)10-17(16)22)23-18(27)11-29-20-25-24-19(26(20)2)13-4-7-15(28-3)8-5-13/h4-10,12H,11H2,1-3H3,(H,23,27)/t12-/m0/s1. The number of carbonyl (C=O) groups is 1. The highest BCUT2D eigenvalue weighted by Crippen LogP contribution is 2.24. The van der Waals surface area contributed by atoms with Gasteiger partial charge in [0.2, 0.25) is 5.91 Å². The predicted octanol–water partition coefficient (Wildman–Crippen LogP) is 3.74. The van der Waals surface area contributed by atoms with Crippen LogP contribution in [-0.4, -0.2) is 33.5 Å². The number of benzene rings is 2. The fraction of sp³-hybridized carbons (Fsp3) is 0.250. The Bertz CT molecular complexity index is 1010. The largest absolute Gasteiger partial charge is 0.497 e. The molecule has 0 radical (unpaired) electrons. The van der Waals surface area contributed by atoms with Gasteiger partial charge < -0.3 is 14.6 Å². The van der Waals surface area contributed by atoms with Gasteiger partial charge in [0.25, 0.3) is 0 Å². The molecule has 0 bridgehead atoms. The van der Waals surface area contributed by atoms with Crippen molar-refractivity contribution in [2.45, 2.75) is 18.1 Å². The monoisotopic (exact) mass is 418 g/mol. The van der Waals surface area contributed by atoms with Crippen LogP contribution >= 0.6 is 11.8 Å². The van der Waals surface area contributed by atoms with Crippen molar-refractivity contribution in [1.82, 2.24) is 20.1 Å². The van der Waals surface area contributed by atoms with Gasteiger partial charge in [-0.3, -0.25) is 4.79 Å². The van der Waals surface area contributed by atoms with Gasteiger partial charge in [-0.2, -0.15) is 0 Å². The molecule has 0 aliphatic carbocycles. The number of rotatable bonds is 7. The summed E-state index contributed by atoms with van der Waals surface area (Å²) in [6.45, 7) is 1.64. The molecule has 2 aromatic carbocycles. The number of amides is 1. The number of halogens is 2. The molecule has 9 heteroatoms. The van der Waals surface area contributed by atoms with Gasteiger partial charge in [-0.25, -0.2) is 8.78 Å². The van der Waals surface area contributed by atoms with E-state index in [4.69, 9.17) is 4.74 Å². The van der Waals surface area contributed by atoms with E-state index in [1.165, 1.54) is 17.8 Å². The summed E-state index contributed by atoms with van der Waals surface area (Å²) in [7, 11) is 3.42. The first-order chi connectivity index (χ1) is 13.9. The van der Waals surface area contributed by atoms with Crippen LogP contribution in [0, 0.1) is 11.6 Å². The highest BCUT2D eigenvalue weighted by Gasteiger charge is 2.16. The van der Waals surface area contributed by atoms with Crippen LogP contribution in [0.2, 0.25) is 0 Å². The van der Waals surface area contributed by atoms with Crippen molar-refractivity contribution in [3.63, 3.8) is 0 Å². The summed E-state index contributed by atoms with van der Waals surface area (Å²) in [5.74, 6) is -0.147. The second-order valence-corrected chi connectivity index (χ2v) is 7.28. The molecule has 0 aliphatic rings. The fourth-order valence-electron chi connectivity index (χ4n) is 2.78. The summed E-state index contributed by atoms with van der Waals surface area (Å²) < 4.78 is 33.8. The van der Waals surface area contributed by atoms with Crippen LogP contribution in [-0.2, 0) is 11.8 Å². The first kappa shape index (κ1) is 20.8. The quantitative estimate of drug-likeness (QED) is 0.592. The Hall–Kier alpha value is -2.94. The second-order valence-electron chi connectivity index (χ2n) is 6.34. The predicted molar refractivity (Wildman–Crippen MR) is 107 cm³/mol. The van der Waals surface area contributed by atoms with Gasteiger partial charge >= 0.3 is 0 Å². The summed E-state index contributed by atoms with van der Waals surface area (Å²) in [6.07, 6.45) is 0. The molecule has 1 amide bonds. The number of nitrogens with zero attached hydrogens (tertiary/aromatic N) is 3. The second kappa shape index (κ2) is 9.04. The van der Waals surface area contributed by atoms with E-state index in [9.17, 15) is 13.6 Å². The highest BCUT2D eigenvalue weighted by atomic mass is 32.2. The van der Waals surface area contributed by atoms with Crippen LogP contribution in [0.1, 0.15) is 18.5 Å². The highest BCUT2D eigenvalue weighted by molar-refractivity contribution is 7.99. The molecular weight excluding hydrogens is 398 g/mol. The van der Waals surface area contributed by atoms with Crippen molar-refractivity contribution in [2.24, 2.45) is 7.05 Å². The Morgan fingerprint density at radius 2 is 1.93 bits per heavy atom. The number of nitrogens with one attached hydrogen (secondary N) is 1. The molecule has 1 heterocycles. The molecule has 0 aliphatic heterocycles. The van der Waals surface area contributed by atoms with E-state index in [0.717, 1.165) is 23.4 Å². The van der Waals surface area contributed by atoms with Gasteiger partial charge in [0.1, 0.15) is 17.4 Å². The van der Waals surface area contributed by atoms with E-state index in [1.54, 1.807) is 18.6 Å². The molecule has 29 heavy (non-hydrogen) atoms. The van der Waals surface area contributed by atoms with E-state index < -0.39 is 17.7 Å². The number of ether oxygens (including phenoxy) is 1. The first-order valence-electron chi connectivity index (χ1n) is 8.80. The third-order valence-electron chi connectivity index (χ3n) is 4.32. The summed E-state index contributed by atoms with van der Waals surface area (Å²) in [5.41, 5.74) is 1.10. The molecule has 6 nitrogen and oxygen atoms in total. The number of aromatic nitrogens is 3. The Morgan fingerprint density at radius 1 is 1.21 bits per heavy atom. The lowest BCUT2D eigenvalue weighted by molar-refractivity contribution is -0.119. The molecule has 152 valence electrons. The smallest absolute Gasteiger partial charge is 0.230 e. The van der Waals surface area contributed by atoms with Gasteiger partial charge in [0.15, 0.2) is 11.0 Å². The topological polar surface area (TPSA) is 69.0 Å². The van der Waals surface area contributed by atoms with Crippen LogP contribution < -0.4 is 10.1 Å². The summed E-state index contributed by atoms with van der Waals surface area (Å²) >= 11 is 1.22. The van der Waals surface area contributed by atoms with Gasteiger partial charge in [0, 0.05) is 24.2 Å². The number of hydrogen-bond donors (Lipinski definition) is 1. The summed E-state index contributed by atoms with van der Waals surface area (Å²) in [5, 5.41) is 11.6. The van der Waals surface area contributed by atoms with Crippen molar-refractivity contribution >= 4 is 17.7 Å². The maximum atomic E-state index is 13.8. The van der Waals surface area contributed by atoms with Crippen molar-refractivity contribution in [2.75, 3.05) is 12.9 Å². The molecule has 0 fully saturated rings.